The molecular formula is C12H24N2O3S. The van der Waals surface area contributed by atoms with Crippen molar-refractivity contribution in [2.24, 2.45) is 5.92 Å². The van der Waals surface area contributed by atoms with Gasteiger partial charge in [-0.25, -0.2) is 12.7 Å². The van der Waals surface area contributed by atoms with Gasteiger partial charge in [0.05, 0.1) is 11.7 Å². The summed E-state index contributed by atoms with van der Waals surface area (Å²) in [7, 11) is -1.37. The van der Waals surface area contributed by atoms with Crippen LogP contribution < -0.4 is 0 Å². The van der Waals surface area contributed by atoms with Crippen LogP contribution in [0.15, 0.2) is 0 Å². The van der Waals surface area contributed by atoms with Crippen molar-refractivity contribution in [3.63, 3.8) is 0 Å². The van der Waals surface area contributed by atoms with E-state index in [-0.39, 0.29) is 17.6 Å². The minimum absolute atomic E-state index is 0.0767. The maximum Gasteiger partial charge on any atom is 0.226 e. The number of carbonyl (C=O) groups excluding carboxylic acids is 1. The number of nitrogens with zero attached hydrogens (tertiary/aromatic N) is 2. The van der Waals surface area contributed by atoms with E-state index in [1.807, 2.05) is 6.92 Å². The third kappa shape index (κ3) is 3.68. The third-order valence-corrected chi connectivity index (χ3v) is 5.27. The highest BCUT2D eigenvalue weighted by molar-refractivity contribution is 7.89. The Morgan fingerprint density at radius 3 is 2.61 bits per heavy atom. The Hall–Kier alpha value is -0.620. The molecule has 0 radical (unpaired) electrons. The fourth-order valence-electron chi connectivity index (χ4n) is 2.34. The molecule has 1 aliphatic heterocycles. The lowest BCUT2D eigenvalue weighted by atomic mass is 9.98. The van der Waals surface area contributed by atoms with Gasteiger partial charge in [0, 0.05) is 26.7 Å². The molecule has 1 heterocycles. The van der Waals surface area contributed by atoms with E-state index >= 15 is 0 Å². The van der Waals surface area contributed by atoms with Crippen molar-refractivity contribution in [3.8, 4) is 0 Å². The van der Waals surface area contributed by atoms with Crippen molar-refractivity contribution in [2.75, 3.05) is 32.4 Å². The van der Waals surface area contributed by atoms with Crippen LogP contribution in [-0.4, -0.2) is 56.0 Å². The summed E-state index contributed by atoms with van der Waals surface area (Å²) in [6, 6.07) is 0. The molecule has 0 aromatic carbocycles. The highest BCUT2D eigenvalue weighted by atomic mass is 32.2. The molecule has 0 aliphatic carbocycles. The van der Waals surface area contributed by atoms with E-state index in [2.05, 4.69) is 0 Å². The molecule has 18 heavy (non-hydrogen) atoms. The molecule has 0 N–H and O–H groups in total. The molecule has 1 atom stereocenters. The first-order valence-electron chi connectivity index (χ1n) is 6.65. The molecular weight excluding hydrogens is 252 g/mol. The van der Waals surface area contributed by atoms with Gasteiger partial charge in [-0.2, -0.15) is 0 Å². The monoisotopic (exact) mass is 276 g/mol. The average Bonchev–Trinajstić information content (AvgIpc) is 2.38. The van der Waals surface area contributed by atoms with Crippen molar-refractivity contribution in [1.82, 2.24) is 9.21 Å². The maximum absolute atomic E-state index is 12.2. The second-order valence-corrected chi connectivity index (χ2v) is 7.12. The van der Waals surface area contributed by atoms with E-state index in [4.69, 9.17) is 0 Å². The predicted octanol–water partition coefficient (Wildman–Crippen LogP) is 0.917. The summed E-state index contributed by atoms with van der Waals surface area (Å²) in [6.07, 6.45) is 2.49. The topological polar surface area (TPSA) is 57.7 Å². The second-order valence-electron chi connectivity index (χ2n) is 4.86. The molecule has 1 amide bonds. The smallest absolute Gasteiger partial charge is 0.226 e. The Morgan fingerprint density at radius 1 is 1.39 bits per heavy atom. The maximum atomic E-state index is 12.2. The van der Waals surface area contributed by atoms with Crippen LogP contribution in [0.1, 0.15) is 33.1 Å². The van der Waals surface area contributed by atoms with Crippen LogP contribution in [0.5, 0.6) is 0 Å². The van der Waals surface area contributed by atoms with E-state index in [1.54, 1.807) is 18.9 Å². The molecule has 5 nitrogen and oxygen atoms in total. The van der Waals surface area contributed by atoms with Gasteiger partial charge in [0.1, 0.15) is 0 Å². The Bertz CT molecular complexity index is 381. The van der Waals surface area contributed by atoms with Crippen molar-refractivity contribution < 1.29 is 13.2 Å². The third-order valence-electron chi connectivity index (χ3n) is 3.43. The largest absolute Gasteiger partial charge is 0.345 e. The molecule has 0 bridgehead atoms. The number of rotatable bonds is 5. The average molecular weight is 276 g/mol. The van der Waals surface area contributed by atoms with E-state index < -0.39 is 10.0 Å². The van der Waals surface area contributed by atoms with E-state index in [9.17, 15) is 13.2 Å². The molecule has 1 saturated heterocycles. The lowest BCUT2D eigenvalue weighted by Gasteiger charge is -2.33. The van der Waals surface area contributed by atoms with Gasteiger partial charge >= 0.3 is 0 Å². The molecule has 0 aromatic heterocycles. The van der Waals surface area contributed by atoms with Gasteiger partial charge < -0.3 is 4.90 Å². The SMILES string of the molecule is CCCN(C)C(=O)C1CCCN(S(=O)(=O)CC)C1. The fraction of sp³-hybridized carbons (Fsp3) is 0.917. The summed E-state index contributed by atoms with van der Waals surface area (Å²) in [6.45, 7) is 5.30. The fourth-order valence-corrected chi connectivity index (χ4v) is 3.52. The van der Waals surface area contributed by atoms with Crippen molar-refractivity contribution >= 4 is 15.9 Å². The number of amides is 1. The Morgan fingerprint density at radius 2 is 2.06 bits per heavy atom. The van der Waals surface area contributed by atoms with Gasteiger partial charge in [0.15, 0.2) is 0 Å². The zero-order valence-electron chi connectivity index (χ0n) is 11.6. The first-order valence-corrected chi connectivity index (χ1v) is 8.26. The number of hydrogen-bond acceptors (Lipinski definition) is 3. The quantitative estimate of drug-likeness (QED) is 0.750. The highest BCUT2D eigenvalue weighted by Crippen LogP contribution is 2.21. The van der Waals surface area contributed by atoms with Crippen molar-refractivity contribution in [3.05, 3.63) is 0 Å². The molecule has 1 aliphatic rings. The van der Waals surface area contributed by atoms with E-state index in [0.717, 1.165) is 25.8 Å². The molecule has 0 spiro atoms. The van der Waals surface area contributed by atoms with E-state index in [1.165, 1.54) is 4.31 Å². The van der Waals surface area contributed by atoms with Gasteiger partial charge in [0.2, 0.25) is 15.9 Å². The summed E-state index contributed by atoms with van der Waals surface area (Å²) in [5, 5.41) is 0. The van der Waals surface area contributed by atoms with Crippen LogP contribution in [0.3, 0.4) is 0 Å². The molecule has 0 aromatic rings. The summed E-state index contributed by atoms with van der Waals surface area (Å²) in [5.74, 6) is 0.0168. The Balaban J connectivity index is 2.67. The van der Waals surface area contributed by atoms with Gasteiger partial charge in [-0.3, -0.25) is 4.79 Å². The zero-order chi connectivity index (χ0) is 13.8. The van der Waals surface area contributed by atoms with Crippen LogP contribution >= 0.6 is 0 Å². The predicted molar refractivity (Wildman–Crippen MR) is 71.7 cm³/mol. The van der Waals surface area contributed by atoms with Crippen LogP contribution in [0.2, 0.25) is 0 Å². The number of piperidine rings is 1. The van der Waals surface area contributed by atoms with Crippen LogP contribution in [0.4, 0.5) is 0 Å². The number of sulfonamides is 1. The molecule has 6 heteroatoms. The molecule has 106 valence electrons. The standard InChI is InChI=1S/C12H24N2O3S/c1-4-8-13(3)12(15)11-7-6-9-14(10-11)18(16,17)5-2/h11H,4-10H2,1-3H3. The summed E-state index contributed by atoms with van der Waals surface area (Å²) < 4.78 is 25.1. The second kappa shape index (κ2) is 6.52. The lowest BCUT2D eigenvalue weighted by Crippen LogP contribution is -2.46. The zero-order valence-corrected chi connectivity index (χ0v) is 12.4. The Kier molecular flexibility index (Phi) is 5.59. The first-order chi connectivity index (χ1) is 8.42. The van der Waals surface area contributed by atoms with Gasteiger partial charge in [-0.1, -0.05) is 6.92 Å². The summed E-state index contributed by atoms with van der Waals surface area (Å²) in [4.78, 5) is 13.9. The normalized spacial score (nSPS) is 21.8. The summed E-state index contributed by atoms with van der Waals surface area (Å²) in [5.41, 5.74) is 0. The summed E-state index contributed by atoms with van der Waals surface area (Å²) >= 11 is 0. The lowest BCUT2D eigenvalue weighted by molar-refractivity contribution is -0.135. The van der Waals surface area contributed by atoms with Crippen molar-refractivity contribution in [1.29, 1.82) is 0 Å². The molecule has 1 rings (SSSR count). The molecule has 1 unspecified atom stereocenters. The number of carbonyl (C=O) groups is 1. The van der Waals surface area contributed by atoms with Gasteiger partial charge in [-0.15, -0.1) is 0 Å². The van der Waals surface area contributed by atoms with Crippen LogP contribution in [0, 0.1) is 5.92 Å². The van der Waals surface area contributed by atoms with Gasteiger partial charge in [0.25, 0.3) is 0 Å². The Labute approximate surface area is 110 Å². The van der Waals surface area contributed by atoms with E-state index in [0.29, 0.717) is 13.1 Å². The number of hydrogen-bond donors (Lipinski definition) is 0. The minimum Gasteiger partial charge on any atom is -0.345 e. The van der Waals surface area contributed by atoms with Crippen LogP contribution in [0.25, 0.3) is 0 Å². The van der Waals surface area contributed by atoms with Crippen molar-refractivity contribution in [2.45, 2.75) is 33.1 Å². The molecule has 1 fully saturated rings. The minimum atomic E-state index is -3.16. The highest BCUT2D eigenvalue weighted by Gasteiger charge is 2.32. The van der Waals surface area contributed by atoms with Gasteiger partial charge in [-0.05, 0) is 26.2 Å². The molecule has 0 saturated carbocycles. The first kappa shape index (κ1) is 15.4. The van der Waals surface area contributed by atoms with Crippen LogP contribution in [-0.2, 0) is 14.8 Å².